The minimum Gasteiger partial charge on any atom is -0.464 e. The molecule has 1 aromatic carbocycles. The number of amides is 1. The van der Waals surface area contributed by atoms with Crippen molar-refractivity contribution in [2.75, 3.05) is 6.61 Å². The molecule has 0 radical (unpaired) electrons. The van der Waals surface area contributed by atoms with E-state index in [-0.39, 0.29) is 18.2 Å². The van der Waals surface area contributed by atoms with Gasteiger partial charge in [-0.1, -0.05) is 29.4 Å². The lowest BCUT2D eigenvalue weighted by molar-refractivity contribution is -0.149. The molecule has 2 aromatic rings. The summed E-state index contributed by atoms with van der Waals surface area (Å²) in [6, 6.07) is 8.63. The molecular formula is C16H16N2O4. The predicted molar refractivity (Wildman–Crippen MR) is 76.9 cm³/mol. The van der Waals surface area contributed by atoms with Crippen molar-refractivity contribution in [3.05, 3.63) is 53.4 Å². The third-order valence-corrected chi connectivity index (χ3v) is 3.73. The van der Waals surface area contributed by atoms with Crippen LogP contribution in [0.2, 0.25) is 0 Å². The first-order valence-corrected chi connectivity index (χ1v) is 7.15. The number of benzene rings is 1. The molecule has 0 saturated heterocycles. The van der Waals surface area contributed by atoms with Crippen LogP contribution < -0.4 is 0 Å². The average Bonchev–Trinajstić information content (AvgIpc) is 3.07. The first-order chi connectivity index (χ1) is 10.7. The van der Waals surface area contributed by atoms with Crippen molar-refractivity contribution >= 4 is 11.9 Å². The first kappa shape index (κ1) is 14.3. The number of aromatic nitrogens is 1. The molecule has 0 aliphatic carbocycles. The molecule has 114 valence electrons. The number of nitrogens with zero attached hydrogens (tertiary/aromatic N) is 2. The van der Waals surface area contributed by atoms with Gasteiger partial charge >= 0.3 is 5.97 Å². The van der Waals surface area contributed by atoms with Crippen molar-refractivity contribution in [2.24, 2.45) is 0 Å². The molecule has 1 aliphatic rings. The Balaban J connectivity index is 1.94. The van der Waals surface area contributed by atoms with E-state index in [9.17, 15) is 9.59 Å². The van der Waals surface area contributed by atoms with Crippen molar-refractivity contribution in [2.45, 2.75) is 25.9 Å². The van der Waals surface area contributed by atoms with E-state index in [2.05, 4.69) is 5.16 Å². The van der Waals surface area contributed by atoms with Crippen LogP contribution in [0.25, 0.3) is 0 Å². The summed E-state index contributed by atoms with van der Waals surface area (Å²) in [5.74, 6) is -0.727. The second kappa shape index (κ2) is 6.01. The van der Waals surface area contributed by atoms with Crippen LogP contribution in [0.3, 0.4) is 0 Å². The fourth-order valence-corrected chi connectivity index (χ4v) is 2.66. The van der Waals surface area contributed by atoms with E-state index in [1.165, 1.54) is 17.2 Å². The Morgan fingerprint density at radius 3 is 2.77 bits per heavy atom. The smallest absolute Gasteiger partial charge is 0.329 e. The van der Waals surface area contributed by atoms with Gasteiger partial charge in [0, 0.05) is 19.0 Å². The summed E-state index contributed by atoms with van der Waals surface area (Å²) in [6.07, 6.45) is 1.78. The number of ether oxygens (including phenoxy) is 1. The second-order valence-corrected chi connectivity index (χ2v) is 5.06. The van der Waals surface area contributed by atoms with E-state index in [0.29, 0.717) is 13.0 Å². The summed E-state index contributed by atoms with van der Waals surface area (Å²) >= 11 is 0. The zero-order chi connectivity index (χ0) is 15.5. The summed E-state index contributed by atoms with van der Waals surface area (Å²) in [5.41, 5.74) is 2.28. The monoisotopic (exact) mass is 300 g/mol. The van der Waals surface area contributed by atoms with Gasteiger partial charge in [0.1, 0.15) is 12.3 Å². The maximum Gasteiger partial charge on any atom is 0.329 e. The topological polar surface area (TPSA) is 72.6 Å². The highest BCUT2D eigenvalue weighted by molar-refractivity contribution is 5.95. The number of esters is 1. The van der Waals surface area contributed by atoms with Gasteiger partial charge in [-0.15, -0.1) is 0 Å². The Morgan fingerprint density at radius 1 is 1.32 bits per heavy atom. The van der Waals surface area contributed by atoms with Crippen LogP contribution >= 0.6 is 0 Å². The molecule has 22 heavy (non-hydrogen) atoms. The van der Waals surface area contributed by atoms with Gasteiger partial charge in [0.2, 0.25) is 0 Å². The number of hydrogen-bond acceptors (Lipinski definition) is 5. The molecule has 2 heterocycles. The molecule has 0 spiro atoms. The van der Waals surface area contributed by atoms with Crippen LogP contribution in [0.1, 0.15) is 28.5 Å². The van der Waals surface area contributed by atoms with Gasteiger partial charge in [0.05, 0.1) is 6.61 Å². The number of fused-ring (bicyclic) bond motifs is 1. The molecular weight excluding hydrogens is 284 g/mol. The van der Waals surface area contributed by atoms with Gasteiger partial charge in [0.15, 0.2) is 5.69 Å². The molecule has 0 bridgehead atoms. The highest BCUT2D eigenvalue weighted by Gasteiger charge is 2.36. The van der Waals surface area contributed by atoms with Crippen molar-refractivity contribution in [3.63, 3.8) is 0 Å². The quantitative estimate of drug-likeness (QED) is 0.808. The Kier molecular flexibility index (Phi) is 3.91. The molecule has 1 unspecified atom stereocenters. The fourth-order valence-electron chi connectivity index (χ4n) is 2.66. The van der Waals surface area contributed by atoms with E-state index < -0.39 is 12.0 Å². The molecule has 1 amide bonds. The Hall–Kier alpha value is -2.63. The molecule has 1 aliphatic heterocycles. The minimum absolute atomic E-state index is 0.189. The summed E-state index contributed by atoms with van der Waals surface area (Å²) in [6.45, 7) is 2.38. The average molecular weight is 300 g/mol. The van der Waals surface area contributed by atoms with Gasteiger partial charge in [-0.3, -0.25) is 4.79 Å². The van der Waals surface area contributed by atoms with Gasteiger partial charge < -0.3 is 14.2 Å². The minimum atomic E-state index is -0.640. The van der Waals surface area contributed by atoms with Crippen molar-refractivity contribution in [1.29, 1.82) is 0 Å². The Labute approximate surface area is 127 Å². The molecule has 0 saturated carbocycles. The standard InChI is InChI=1S/C16H16N2O4/c1-2-21-16(20)14-9-11-5-3-4-6-12(11)10-18(14)15(19)13-7-8-22-17-13/h3-8,14H,2,9-10H2,1H3. The highest BCUT2D eigenvalue weighted by Crippen LogP contribution is 2.25. The SMILES string of the molecule is CCOC(=O)C1Cc2ccccc2CN1C(=O)c1ccon1. The molecule has 6 nitrogen and oxygen atoms in total. The highest BCUT2D eigenvalue weighted by atomic mass is 16.5. The van der Waals surface area contributed by atoms with Crippen molar-refractivity contribution < 1.29 is 18.8 Å². The van der Waals surface area contributed by atoms with Gasteiger partial charge in [-0.05, 0) is 18.1 Å². The Morgan fingerprint density at radius 2 is 2.09 bits per heavy atom. The largest absolute Gasteiger partial charge is 0.464 e. The zero-order valence-electron chi connectivity index (χ0n) is 12.2. The van der Waals surface area contributed by atoms with Crippen molar-refractivity contribution in [3.8, 4) is 0 Å². The van der Waals surface area contributed by atoms with Crippen LogP contribution in [0.15, 0.2) is 41.1 Å². The summed E-state index contributed by atoms with van der Waals surface area (Å²) in [7, 11) is 0. The van der Waals surface area contributed by atoms with Gasteiger partial charge in [-0.25, -0.2) is 4.79 Å². The van der Waals surface area contributed by atoms with E-state index >= 15 is 0 Å². The van der Waals surface area contributed by atoms with Crippen molar-refractivity contribution in [1.82, 2.24) is 10.1 Å². The van der Waals surface area contributed by atoms with E-state index in [0.717, 1.165) is 11.1 Å². The molecule has 1 atom stereocenters. The maximum absolute atomic E-state index is 12.6. The summed E-state index contributed by atoms with van der Waals surface area (Å²) in [4.78, 5) is 26.3. The van der Waals surface area contributed by atoms with Crippen LogP contribution in [-0.2, 0) is 22.5 Å². The summed E-state index contributed by atoms with van der Waals surface area (Å²) in [5, 5.41) is 3.67. The lowest BCUT2D eigenvalue weighted by atomic mass is 9.93. The third kappa shape index (κ3) is 2.59. The molecule has 3 rings (SSSR count). The van der Waals surface area contributed by atoms with Crippen LogP contribution in [0.4, 0.5) is 0 Å². The molecule has 0 N–H and O–H groups in total. The van der Waals surface area contributed by atoms with E-state index in [1.807, 2.05) is 24.3 Å². The maximum atomic E-state index is 12.6. The normalized spacial score (nSPS) is 17.0. The number of hydrogen-bond donors (Lipinski definition) is 0. The van der Waals surface area contributed by atoms with Crippen LogP contribution in [0, 0.1) is 0 Å². The second-order valence-electron chi connectivity index (χ2n) is 5.06. The van der Waals surface area contributed by atoms with E-state index in [4.69, 9.17) is 9.26 Å². The van der Waals surface area contributed by atoms with Crippen LogP contribution in [-0.4, -0.2) is 34.6 Å². The molecule has 6 heteroatoms. The first-order valence-electron chi connectivity index (χ1n) is 7.15. The number of rotatable bonds is 3. The molecule has 0 fully saturated rings. The van der Waals surface area contributed by atoms with Gasteiger partial charge in [-0.2, -0.15) is 0 Å². The fraction of sp³-hybridized carbons (Fsp3) is 0.312. The van der Waals surface area contributed by atoms with E-state index in [1.54, 1.807) is 6.92 Å². The lowest BCUT2D eigenvalue weighted by Crippen LogP contribution is -2.49. The van der Waals surface area contributed by atoms with Crippen LogP contribution in [0.5, 0.6) is 0 Å². The summed E-state index contributed by atoms with van der Waals surface area (Å²) < 4.78 is 9.84. The Bertz CT molecular complexity index is 681. The van der Waals surface area contributed by atoms with Gasteiger partial charge in [0.25, 0.3) is 5.91 Å². The number of carbonyl (C=O) groups is 2. The molecule has 1 aromatic heterocycles. The number of carbonyl (C=O) groups excluding carboxylic acids is 2. The third-order valence-electron chi connectivity index (χ3n) is 3.73. The predicted octanol–water partition coefficient (Wildman–Crippen LogP) is 1.80. The lowest BCUT2D eigenvalue weighted by Gasteiger charge is -2.34. The zero-order valence-corrected chi connectivity index (χ0v) is 12.2.